The fourth-order valence-electron chi connectivity index (χ4n) is 3.50. The van der Waals surface area contributed by atoms with Crippen LogP contribution < -0.4 is 5.73 Å². The first-order valence-corrected chi connectivity index (χ1v) is 7.97. The summed E-state index contributed by atoms with van der Waals surface area (Å²) in [6, 6.07) is 8.78. The molecule has 0 saturated heterocycles. The van der Waals surface area contributed by atoms with Crippen molar-refractivity contribution in [2.24, 2.45) is 12.8 Å². The molecule has 0 amide bonds. The van der Waals surface area contributed by atoms with Crippen LogP contribution in [0, 0.1) is 6.92 Å². The minimum absolute atomic E-state index is 0.0822. The molecule has 0 spiro atoms. The molecule has 0 radical (unpaired) electrons. The number of fused-ring (bicyclic) bond motifs is 1. The summed E-state index contributed by atoms with van der Waals surface area (Å²) in [5, 5.41) is 5.14. The average Bonchev–Trinajstić information content (AvgIpc) is 2.73. The van der Waals surface area contributed by atoms with Crippen LogP contribution in [-0.2, 0) is 19.9 Å². The van der Waals surface area contributed by atoms with Gasteiger partial charge in [-0.2, -0.15) is 5.10 Å². The van der Waals surface area contributed by atoms with E-state index < -0.39 is 0 Å². The van der Waals surface area contributed by atoms with E-state index in [-0.39, 0.29) is 6.04 Å². The highest BCUT2D eigenvalue weighted by Crippen LogP contribution is 2.35. The van der Waals surface area contributed by atoms with Crippen LogP contribution in [0.2, 0.25) is 5.02 Å². The van der Waals surface area contributed by atoms with Crippen LogP contribution in [0.1, 0.15) is 41.3 Å². The second-order valence-corrected chi connectivity index (χ2v) is 6.41. The summed E-state index contributed by atoms with van der Waals surface area (Å²) >= 11 is 6.36. The molecule has 1 heterocycles. The quantitative estimate of drug-likeness (QED) is 0.945. The van der Waals surface area contributed by atoms with Gasteiger partial charge < -0.3 is 5.73 Å². The minimum Gasteiger partial charge on any atom is -0.327 e. The Bertz CT molecular complexity index is 647. The number of hydrogen-bond donors (Lipinski definition) is 1. The normalized spacial score (nSPS) is 19.3. The standard InChI is InChI=1S/C17H22ClN3/c1-11-17(18)16(21(2)20-11)10-15(19)14-9-5-7-12-6-3-4-8-13(12)14/h3-4,6,8,14-15H,5,7,9-10,19H2,1-2H3. The molecule has 1 aromatic heterocycles. The van der Waals surface area contributed by atoms with Crippen molar-refractivity contribution >= 4 is 11.6 Å². The zero-order chi connectivity index (χ0) is 15.0. The fraction of sp³-hybridized carbons (Fsp3) is 0.471. The predicted molar refractivity (Wildman–Crippen MR) is 86.8 cm³/mol. The minimum atomic E-state index is 0.0822. The van der Waals surface area contributed by atoms with Crippen molar-refractivity contribution in [3.63, 3.8) is 0 Å². The molecule has 1 aliphatic carbocycles. The molecular weight excluding hydrogens is 282 g/mol. The Morgan fingerprint density at radius 3 is 2.90 bits per heavy atom. The largest absolute Gasteiger partial charge is 0.327 e. The zero-order valence-electron chi connectivity index (χ0n) is 12.6. The maximum absolute atomic E-state index is 6.54. The SMILES string of the molecule is Cc1nn(C)c(CC(N)C2CCCc3ccccc32)c1Cl. The molecule has 3 rings (SSSR count). The lowest BCUT2D eigenvalue weighted by Gasteiger charge is -2.30. The first-order chi connectivity index (χ1) is 10.1. The zero-order valence-corrected chi connectivity index (χ0v) is 13.4. The van der Waals surface area contributed by atoms with E-state index in [1.165, 1.54) is 24.0 Å². The van der Waals surface area contributed by atoms with Gasteiger partial charge in [0, 0.05) is 19.5 Å². The highest BCUT2D eigenvalue weighted by molar-refractivity contribution is 6.31. The smallest absolute Gasteiger partial charge is 0.0847 e. The Kier molecular flexibility index (Phi) is 4.05. The van der Waals surface area contributed by atoms with E-state index in [4.69, 9.17) is 17.3 Å². The second kappa shape index (κ2) is 5.82. The van der Waals surface area contributed by atoms with Gasteiger partial charge in [0.2, 0.25) is 0 Å². The van der Waals surface area contributed by atoms with Gasteiger partial charge in [-0.1, -0.05) is 35.9 Å². The number of hydrogen-bond acceptors (Lipinski definition) is 2. The molecule has 3 nitrogen and oxygen atoms in total. The van der Waals surface area contributed by atoms with Crippen LogP contribution in [-0.4, -0.2) is 15.8 Å². The van der Waals surface area contributed by atoms with Crippen LogP contribution >= 0.6 is 11.6 Å². The number of aromatic nitrogens is 2. The van der Waals surface area contributed by atoms with Crippen LogP contribution in [0.3, 0.4) is 0 Å². The average molecular weight is 304 g/mol. The van der Waals surface area contributed by atoms with Crippen LogP contribution in [0.25, 0.3) is 0 Å². The van der Waals surface area contributed by atoms with Crippen molar-refractivity contribution in [1.82, 2.24) is 9.78 Å². The van der Waals surface area contributed by atoms with Gasteiger partial charge in [0.1, 0.15) is 0 Å². The number of rotatable bonds is 3. The molecule has 21 heavy (non-hydrogen) atoms. The molecule has 0 saturated carbocycles. The van der Waals surface area contributed by atoms with Gasteiger partial charge in [0.15, 0.2) is 0 Å². The van der Waals surface area contributed by atoms with Crippen molar-refractivity contribution in [3.05, 3.63) is 51.8 Å². The lowest BCUT2D eigenvalue weighted by molar-refractivity contribution is 0.452. The van der Waals surface area contributed by atoms with E-state index in [9.17, 15) is 0 Å². The topological polar surface area (TPSA) is 43.8 Å². The third kappa shape index (κ3) is 2.72. The van der Waals surface area contributed by atoms with Crippen molar-refractivity contribution in [3.8, 4) is 0 Å². The van der Waals surface area contributed by atoms with Crippen molar-refractivity contribution in [2.45, 2.75) is 44.6 Å². The first kappa shape index (κ1) is 14.6. The highest BCUT2D eigenvalue weighted by Gasteiger charge is 2.27. The first-order valence-electron chi connectivity index (χ1n) is 7.59. The van der Waals surface area contributed by atoms with Crippen molar-refractivity contribution < 1.29 is 0 Å². The van der Waals surface area contributed by atoms with Crippen molar-refractivity contribution in [1.29, 1.82) is 0 Å². The van der Waals surface area contributed by atoms with Gasteiger partial charge >= 0.3 is 0 Å². The Balaban J connectivity index is 1.85. The number of nitrogens with two attached hydrogens (primary N) is 1. The molecular formula is C17H22ClN3. The van der Waals surface area contributed by atoms with Gasteiger partial charge in [-0.25, -0.2) is 0 Å². The van der Waals surface area contributed by atoms with E-state index in [1.54, 1.807) is 0 Å². The Morgan fingerprint density at radius 2 is 2.19 bits per heavy atom. The molecule has 0 fully saturated rings. The molecule has 2 aromatic rings. The summed E-state index contributed by atoms with van der Waals surface area (Å²) in [5.74, 6) is 0.418. The van der Waals surface area contributed by atoms with Crippen molar-refractivity contribution in [2.75, 3.05) is 0 Å². The maximum atomic E-state index is 6.54. The van der Waals surface area contributed by atoms with Crippen LogP contribution in [0.4, 0.5) is 0 Å². The van der Waals surface area contributed by atoms with Crippen LogP contribution in [0.5, 0.6) is 0 Å². The third-order valence-electron chi connectivity index (χ3n) is 4.62. The summed E-state index contributed by atoms with van der Waals surface area (Å²) in [4.78, 5) is 0. The maximum Gasteiger partial charge on any atom is 0.0847 e. The Morgan fingerprint density at radius 1 is 1.43 bits per heavy atom. The lowest BCUT2D eigenvalue weighted by Crippen LogP contribution is -2.33. The number of benzene rings is 1. The number of nitrogens with zero attached hydrogens (tertiary/aromatic N) is 2. The predicted octanol–water partition coefficient (Wildman–Crippen LogP) is 3.37. The molecule has 0 bridgehead atoms. The summed E-state index contributed by atoms with van der Waals surface area (Å²) in [6.07, 6.45) is 4.32. The molecule has 112 valence electrons. The molecule has 2 N–H and O–H groups in total. The van der Waals surface area contributed by atoms with Gasteiger partial charge in [0.05, 0.1) is 16.4 Å². The second-order valence-electron chi connectivity index (χ2n) is 6.04. The summed E-state index contributed by atoms with van der Waals surface area (Å²) in [6.45, 7) is 1.94. The Hall–Kier alpha value is -1.32. The van der Waals surface area contributed by atoms with Gasteiger partial charge in [0.25, 0.3) is 0 Å². The van der Waals surface area contributed by atoms with E-state index >= 15 is 0 Å². The van der Waals surface area contributed by atoms with Crippen LogP contribution in [0.15, 0.2) is 24.3 Å². The molecule has 1 aromatic carbocycles. The van der Waals surface area contributed by atoms with E-state index in [1.807, 2.05) is 18.7 Å². The molecule has 1 aliphatic rings. The Labute approximate surface area is 131 Å². The van der Waals surface area contributed by atoms with E-state index in [0.717, 1.165) is 29.3 Å². The molecule has 0 aliphatic heterocycles. The number of halogens is 1. The summed E-state index contributed by atoms with van der Waals surface area (Å²) in [5.41, 5.74) is 11.3. The van der Waals surface area contributed by atoms with E-state index in [2.05, 4.69) is 29.4 Å². The molecule has 2 unspecified atom stereocenters. The third-order valence-corrected chi connectivity index (χ3v) is 5.11. The summed E-state index contributed by atoms with van der Waals surface area (Å²) in [7, 11) is 1.94. The highest BCUT2D eigenvalue weighted by atomic mass is 35.5. The van der Waals surface area contributed by atoms with Gasteiger partial charge in [-0.15, -0.1) is 0 Å². The number of aryl methyl sites for hydroxylation is 3. The van der Waals surface area contributed by atoms with Gasteiger partial charge in [-0.3, -0.25) is 4.68 Å². The molecule has 2 atom stereocenters. The summed E-state index contributed by atoms with van der Waals surface area (Å²) < 4.78 is 1.87. The lowest BCUT2D eigenvalue weighted by atomic mass is 9.78. The monoisotopic (exact) mass is 303 g/mol. The molecule has 4 heteroatoms. The fourth-order valence-corrected chi connectivity index (χ4v) is 3.74. The van der Waals surface area contributed by atoms with Gasteiger partial charge in [-0.05, 0) is 43.2 Å². The van der Waals surface area contributed by atoms with E-state index in [0.29, 0.717) is 5.92 Å².